The normalized spacial score (nSPS) is 14.3. The molecular formula is C20H21FN6O2S. The number of fused-ring (bicyclic) bond motifs is 1. The molecule has 0 spiro atoms. The maximum absolute atomic E-state index is 12.7. The first-order valence-electron chi connectivity index (χ1n) is 9.44. The first-order valence-corrected chi connectivity index (χ1v) is 10.3. The van der Waals surface area contributed by atoms with Gasteiger partial charge in [-0.25, -0.2) is 13.9 Å². The van der Waals surface area contributed by atoms with Crippen molar-refractivity contribution in [3.05, 3.63) is 62.9 Å². The quantitative estimate of drug-likeness (QED) is 0.647. The SMILES string of the molecule is CN1C(=O)CCc2cc(-c3csc(Cn4cnn(C/C(=C/F)CN)c4=O)c3)ncc21. The maximum atomic E-state index is 12.7. The van der Waals surface area contributed by atoms with Gasteiger partial charge in [-0.3, -0.25) is 14.3 Å². The summed E-state index contributed by atoms with van der Waals surface area (Å²) >= 11 is 1.53. The lowest BCUT2D eigenvalue weighted by Gasteiger charge is -2.25. The van der Waals surface area contributed by atoms with E-state index in [2.05, 4.69) is 10.1 Å². The van der Waals surface area contributed by atoms with Gasteiger partial charge in [-0.2, -0.15) is 5.10 Å². The van der Waals surface area contributed by atoms with Crippen molar-refractivity contribution in [3.8, 4) is 11.3 Å². The monoisotopic (exact) mass is 428 g/mol. The average Bonchev–Trinajstić information content (AvgIpc) is 3.36. The Bertz CT molecular complexity index is 1180. The molecule has 0 aliphatic carbocycles. The Hall–Kier alpha value is -3.11. The zero-order chi connectivity index (χ0) is 21.3. The summed E-state index contributed by atoms with van der Waals surface area (Å²) < 4.78 is 15.4. The molecule has 0 fully saturated rings. The van der Waals surface area contributed by atoms with Gasteiger partial charge in [0.15, 0.2) is 0 Å². The average molecular weight is 428 g/mol. The van der Waals surface area contributed by atoms with Crippen LogP contribution in [0.2, 0.25) is 0 Å². The van der Waals surface area contributed by atoms with Crippen LogP contribution < -0.4 is 16.3 Å². The van der Waals surface area contributed by atoms with E-state index in [4.69, 9.17) is 5.73 Å². The molecule has 1 amide bonds. The molecule has 2 N–H and O–H groups in total. The van der Waals surface area contributed by atoms with Crippen LogP contribution in [0, 0.1) is 0 Å². The molecule has 156 valence electrons. The van der Waals surface area contributed by atoms with E-state index >= 15 is 0 Å². The molecule has 4 rings (SSSR count). The van der Waals surface area contributed by atoms with Gasteiger partial charge in [-0.15, -0.1) is 11.3 Å². The second kappa shape index (κ2) is 8.33. The molecule has 0 saturated carbocycles. The van der Waals surface area contributed by atoms with Gasteiger partial charge in [-0.05, 0) is 29.7 Å². The number of amides is 1. The molecule has 0 atom stereocenters. The van der Waals surface area contributed by atoms with Crippen molar-refractivity contribution in [1.29, 1.82) is 0 Å². The number of nitrogens with two attached hydrogens (primary N) is 1. The number of halogens is 1. The van der Waals surface area contributed by atoms with Gasteiger partial charge in [0.05, 0.1) is 37.0 Å². The predicted molar refractivity (Wildman–Crippen MR) is 113 cm³/mol. The minimum Gasteiger partial charge on any atom is -0.327 e. The number of thiophene rings is 1. The highest BCUT2D eigenvalue weighted by molar-refractivity contribution is 7.10. The standard InChI is InChI=1S/C20H21FN6O2S/c1-25-18-8-23-17(5-14(18)2-3-19(25)28)15-4-16(30-11-15)10-26-12-24-27(20(26)29)9-13(6-21)7-22/h4-6,8,11-12H,2-3,7,9-10,22H2,1H3/b13-6+. The minimum atomic E-state index is -0.322. The second-order valence-corrected chi connectivity index (χ2v) is 8.12. The first kappa shape index (κ1) is 20.2. The van der Waals surface area contributed by atoms with Crippen LogP contribution in [0.25, 0.3) is 11.3 Å². The fourth-order valence-corrected chi connectivity index (χ4v) is 4.26. The van der Waals surface area contributed by atoms with Gasteiger partial charge in [0.1, 0.15) is 6.33 Å². The molecular weight excluding hydrogens is 407 g/mol. The van der Waals surface area contributed by atoms with Crippen molar-refractivity contribution in [2.24, 2.45) is 5.73 Å². The maximum Gasteiger partial charge on any atom is 0.346 e. The number of hydrogen-bond donors (Lipinski definition) is 1. The summed E-state index contributed by atoms with van der Waals surface area (Å²) in [4.78, 5) is 31.4. The lowest BCUT2D eigenvalue weighted by atomic mass is 10.0. The third kappa shape index (κ3) is 3.83. The number of hydrogen-bond acceptors (Lipinski definition) is 6. The highest BCUT2D eigenvalue weighted by Crippen LogP contribution is 2.31. The van der Waals surface area contributed by atoms with E-state index in [1.165, 1.54) is 26.9 Å². The topological polar surface area (TPSA) is 99.0 Å². The smallest absolute Gasteiger partial charge is 0.327 e. The summed E-state index contributed by atoms with van der Waals surface area (Å²) in [6.45, 7) is 0.426. The zero-order valence-electron chi connectivity index (χ0n) is 16.4. The Balaban J connectivity index is 1.53. The van der Waals surface area contributed by atoms with Crippen LogP contribution in [-0.2, 0) is 24.3 Å². The molecule has 1 aliphatic rings. The van der Waals surface area contributed by atoms with Gasteiger partial charge in [-0.1, -0.05) is 0 Å². The van der Waals surface area contributed by atoms with Gasteiger partial charge in [0, 0.05) is 35.8 Å². The lowest BCUT2D eigenvalue weighted by molar-refractivity contribution is -0.118. The fraction of sp³-hybridized carbons (Fsp3) is 0.300. The Morgan fingerprint density at radius 2 is 2.17 bits per heavy atom. The van der Waals surface area contributed by atoms with Gasteiger partial charge in [0.25, 0.3) is 0 Å². The van der Waals surface area contributed by atoms with Crippen LogP contribution in [0.4, 0.5) is 10.1 Å². The molecule has 3 aromatic heterocycles. The molecule has 3 aromatic rings. The molecule has 10 heteroatoms. The van der Waals surface area contributed by atoms with Crippen molar-refractivity contribution in [2.75, 3.05) is 18.5 Å². The van der Waals surface area contributed by atoms with Crippen molar-refractivity contribution in [1.82, 2.24) is 19.3 Å². The van der Waals surface area contributed by atoms with E-state index < -0.39 is 0 Å². The van der Waals surface area contributed by atoms with Gasteiger partial charge >= 0.3 is 5.69 Å². The first-order chi connectivity index (χ1) is 14.5. The Morgan fingerprint density at radius 3 is 2.93 bits per heavy atom. The predicted octanol–water partition coefficient (Wildman–Crippen LogP) is 1.94. The molecule has 0 saturated heterocycles. The van der Waals surface area contributed by atoms with Crippen LogP contribution in [0.1, 0.15) is 16.9 Å². The molecule has 4 heterocycles. The van der Waals surface area contributed by atoms with E-state index in [0.717, 1.165) is 27.4 Å². The van der Waals surface area contributed by atoms with Crippen LogP contribution in [-0.4, -0.2) is 38.8 Å². The minimum absolute atomic E-state index is 0.0296. The Morgan fingerprint density at radius 1 is 1.33 bits per heavy atom. The molecule has 0 aromatic carbocycles. The van der Waals surface area contributed by atoms with Gasteiger partial charge in [0.2, 0.25) is 5.91 Å². The number of anilines is 1. The molecule has 8 nitrogen and oxygen atoms in total. The largest absolute Gasteiger partial charge is 0.346 e. The van der Waals surface area contributed by atoms with E-state index in [1.807, 2.05) is 17.5 Å². The summed E-state index contributed by atoms with van der Waals surface area (Å²) in [7, 11) is 1.77. The lowest BCUT2D eigenvalue weighted by Crippen LogP contribution is -2.31. The number of pyridine rings is 1. The fourth-order valence-electron chi connectivity index (χ4n) is 3.38. The highest BCUT2D eigenvalue weighted by atomic mass is 32.1. The number of nitrogens with zero attached hydrogens (tertiary/aromatic N) is 5. The van der Waals surface area contributed by atoms with Gasteiger partial charge < -0.3 is 10.6 Å². The number of carbonyl (C=O) groups excluding carboxylic acids is 1. The van der Waals surface area contributed by atoms with Crippen molar-refractivity contribution in [2.45, 2.75) is 25.9 Å². The number of aromatic nitrogens is 4. The zero-order valence-corrected chi connectivity index (χ0v) is 17.2. The van der Waals surface area contributed by atoms with Crippen LogP contribution in [0.3, 0.4) is 0 Å². The summed E-state index contributed by atoms with van der Waals surface area (Å²) in [5.74, 6) is 0.0986. The number of aryl methyl sites for hydroxylation is 1. The molecule has 30 heavy (non-hydrogen) atoms. The summed E-state index contributed by atoms with van der Waals surface area (Å²) in [6.07, 6.45) is 4.80. The summed E-state index contributed by atoms with van der Waals surface area (Å²) in [6, 6.07) is 4.01. The third-order valence-corrected chi connectivity index (χ3v) is 6.07. The molecule has 0 radical (unpaired) electrons. The van der Waals surface area contributed by atoms with Crippen molar-refractivity contribution >= 4 is 22.9 Å². The number of carbonyl (C=O) groups is 1. The van der Waals surface area contributed by atoms with Crippen LogP contribution in [0.5, 0.6) is 0 Å². The number of rotatable bonds is 6. The summed E-state index contributed by atoms with van der Waals surface area (Å²) in [5.41, 5.74) is 9.17. The van der Waals surface area contributed by atoms with E-state index in [1.54, 1.807) is 18.1 Å². The molecule has 0 unspecified atom stereocenters. The van der Waals surface area contributed by atoms with Crippen LogP contribution in [0.15, 0.2) is 46.7 Å². The van der Waals surface area contributed by atoms with Crippen LogP contribution >= 0.6 is 11.3 Å². The van der Waals surface area contributed by atoms with Crippen molar-refractivity contribution < 1.29 is 9.18 Å². The molecule has 1 aliphatic heterocycles. The van der Waals surface area contributed by atoms with E-state index in [9.17, 15) is 14.0 Å². The molecule has 0 bridgehead atoms. The summed E-state index contributed by atoms with van der Waals surface area (Å²) in [5, 5.41) is 6.03. The Kier molecular flexibility index (Phi) is 5.60. The van der Waals surface area contributed by atoms with E-state index in [0.29, 0.717) is 31.3 Å². The third-order valence-electron chi connectivity index (χ3n) is 5.15. The Labute approximate surface area is 176 Å². The highest BCUT2D eigenvalue weighted by Gasteiger charge is 2.22. The van der Waals surface area contributed by atoms with E-state index in [-0.39, 0.29) is 24.7 Å². The second-order valence-electron chi connectivity index (χ2n) is 7.12. The van der Waals surface area contributed by atoms with Crippen molar-refractivity contribution in [3.63, 3.8) is 0 Å².